The molecule has 142 valence electrons. The lowest BCUT2D eigenvalue weighted by molar-refractivity contribution is 0.248. The lowest BCUT2D eigenvalue weighted by atomic mass is 9.89. The standard InChI is InChI=1S/C18H29N7O/c1-3-11-24-13-19-23-17(24)14(2)21-18(26)22-16-9-10-20-25(16)12-15-7-5-4-6-8-15/h9-10,13-15H,3-8,11-12H2,1-2H3,(H2,21,22,26). The molecule has 2 N–H and O–H groups in total. The van der Waals surface area contributed by atoms with E-state index in [0.717, 1.165) is 31.2 Å². The van der Waals surface area contributed by atoms with Crippen molar-refractivity contribution in [3.8, 4) is 0 Å². The zero-order valence-corrected chi connectivity index (χ0v) is 15.7. The summed E-state index contributed by atoms with van der Waals surface area (Å²) in [6.45, 7) is 5.71. The summed E-state index contributed by atoms with van der Waals surface area (Å²) in [4.78, 5) is 12.4. The van der Waals surface area contributed by atoms with Crippen molar-refractivity contribution in [2.75, 3.05) is 5.32 Å². The molecule has 1 fully saturated rings. The summed E-state index contributed by atoms with van der Waals surface area (Å²) in [5.41, 5.74) is 0. The summed E-state index contributed by atoms with van der Waals surface area (Å²) in [6, 6.07) is 1.36. The van der Waals surface area contributed by atoms with Gasteiger partial charge in [0.15, 0.2) is 5.82 Å². The summed E-state index contributed by atoms with van der Waals surface area (Å²) < 4.78 is 3.87. The molecule has 2 aromatic rings. The molecule has 0 radical (unpaired) electrons. The van der Waals surface area contributed by atoms with Gasteiger partial charge in [0.05, 0.1) is 12.2 Å². The Labute approximate surface area is 154 Å². The van der Waals surface area contributed by atoms with Gasteiger partial charge in [0.2, 0.25) is 0 Å². The van der Waals surface area contributed by atoms with E-state index in [-0.39, 0.29) is 12.1 Å². The summed E-state index contributed by atoms with van der Waals surface area (Å²) in [6.07, 6.45) is 10.9. The molecule has 8 nitrogen and oxygen atoms in total. The normalized spacial score (nSPS) is 16.4. The van der Waals surface area contributed by atoms with E-state index in [1.54, 1.807) is 12.5 Å². The van der Waals surface area contributed by atoms with Gasteiger partial charge in [-0.1, -0.05) is 26.2 Å². The first kappa shape index (κ1) is 18.4. The highest BCUT2D eigenvalue weighted by Crippen LogP contribution is 2.25. The van der Waals surface area contributed by atoms with Crippen molar-refractivity contribution in [3.05, 3.63) is 24.4 Å². The molecule has 1 saturated carbocycles. The van der Waals surface area contributed by atoms with Crippen molar-refractivity contribution in [3.63, 3.8) is 0 Å². The van der Waals surface area contributed by atoms with Crippen molar-refractivity contribution in [2.45, 2.75) is 71.5 Å². The van der Waals surface area contributed by atoms with E-state index in [0.29, 0.717) is 5.92 Å². The van der Waals surface area contributed by atoms with Crippen molar-refractivity contribution in [1.29, 1.82) is 0 Å². The summed E-state index contributed by atoms with van der Waals surface area (Å²) in [7, 11) is 0. The molecule has 0 aromatic carbocycles. The van der Waals surface area contributed by atoms with E-state index in [1.165, 1.54) is 32.1 Å². The number of aromatic nitrogens is 5. The number of amides is 2. The van der Waals surface area contributed by atoms with Crippen LogP contribution in [0, 0.1) is 5.92 Å². The first-order chi connectivity index (χ1) is 12.7. The van der Waals surface area contributed by atoms with Crippen LogP contribution >= 0.6 is 0 Å². The fourth-order valence-corrected chi connectivity index (χ4v) is 3.62. The fourth-order valence-electron chi connectivity index (χ4n) is 3.62. The number of hydrogen-bond donors (Lipinski definition) is 2. The summed E-state index contributed by atoms with van der Waals surface area (Å²) in [5, 5.41) is 18.3. The highest BCUT2D eigenvalue weighted by molar-refractivity contribution is 5.88. The molecule has 1 unspecified atom stereocenters. The van der Waals surface area contributed by atoms with Gasteiger partial charge >= 0.3 is 6.03 Å². The predicted molar refractivity (Wildman–Crippen MR) is 99.7 cm³/mol. The quantitative estimate of drug-likeness (QED) is 0.793. The third-order valence-corrected chi connectivity index (χ3v) is 4.96. The van der Waals surface area contributed by atoms with Gasteiger partial charge in [-0.2, -0.15) is 5.10 Å². The highest BCUT2D eigenvalue weighted by Gasteiger charge is 2.18. The van der Waals surface area contributed by atoms with E-state index in [1.807, 2.05) is 22.2 Å². The average molecular weight is 359 g/mol. The molecule has 3 rings (SSSR count). The van der Waals surface area contributed by atoms with Crippen LogP contribution in [0.3, 0.4) is 0 Å². The number of carbonyl (C=O) groups is 1. The van der Waals surface area contributed by atoms with Gasteiger partial charge in [-0.05, 0) is 32.1 Å². The Kier molecular flexibility index (Phi) is 6.25. The van der Waals surface area contributed by atoms with E-state index in [4.69, 9.17) is 0 Å². The molecular weight excluding hydrogens is 330 g/mol. The molecule has 2 aromatic heterocycles. The zero-order chi connectivity index (χ0) is 18.4. The van der Waals surface area contributed by atoms with Crippen LogP contribution in [0.1, 0.15) is 64.2 Å². The number of urea groups is 1. The Bertz CT molecular complexity index is 702. The van der Waals surface area contributed by atoms with Crippen LogP contribution in [0.5, 0.6) is 0 Å². The van der Waals surface area contributed by atoms with Crippen LogP contribution in [-0.2, 0) is 13.1 Å². The molecule has 1 aliphatic rings. The van der Waals surface area contributed by atoms with E-state index in [9.17, 15) is 4.79 Å². The van der Waals surface area contributed by atoms with Crippen LogP contribution in [0.15, 0.2) is 18.6 Å². The average Bonchev–Trinajstić information content (AvgIpc) is 3.26. The maximum atomic E-state index is 12.4. The largest absolute Gasteiger partial charge is 0.328 e. The van der Waals surface area contributed by atoms with Crippen molar-refractivity contribution in [1.82, 2.24) is 29.9 Å². The fraction of sp³-hybridized carbons (Fsp3) is 0.667. The van der Waals surface area contributed by atoms with Gasteiger partial charge in [0.25, 0.3) is 0 Å². The van der Waals surface area contributed by atoms with E-state index < -0.39 is 0 Å². The monoisotopic (exact) mass is 359 g/mol. The van der Waals surface area contributed by atoms with Crippen LogP contribution in [-0.4, -0.2) is 30.6 Å². The Balaban J connectivity index is 1.56. The van der Waals surface area contributed by atoms with Crippen LogP contribution in [0.2, 0.25) is 0 Å². The topological polar surface area (TPSA) is 89.7 Å². The van der Waals surface area contributed by atoms with Gasteiger partial charge in [0, 0.05) is 19.2 Å². The molecule has 2 heterocycles. The van der Waals surface area contributed by atoms with Crippen molar-refractivity contribution >= 4 is 11.8 Å². The molecule has 0 spiro atoms. The number of nitrogens with zero attached hydrogens (tertiary/aromatic N) is 5. The minimum Gasteiger partial charge on any atom is -0.328 e. The summed E-state index contributed by atoms with van der Waals surface area (Å²) >= 11 is 0. The summed E-state index contributed by atoms with van der Waals surface area (Å²) in [5.74, 6) is 2.15. The molecule has 1 aliphatic carbocycles. The minimum atomic E-state index is -0.256. The smallest absolute Gasteiger partial charge is 0.320 e. The molecule has 26 heavy (non-hydrogen) atoms. The number of aryl methyl sites for hydroxylation is 1. The molecule has 0 bridgehead atoms. The Morgan fingerprint density at radius 3 is 2.92 bits per heavy atom. The van der Waals surface area contributed by atoms with E-state index >= 15 is 0 Å². The number of hydrogen-bond acceptors (Lipinski definition) is 4. The minimum absolute atomic E-state index is 0.223. The second-order valence-electron chi connectivity index (χ2n) is 7.11. The number of nitrogens with one attached hydrogen (secondary N) is 2. The third-order valence-electron chi connectivity index (χ3n) is 4.96. The predicted octanol–water partition coefficient (Wildman–Crippen LogP) is 3.35. The zero-order valence-electron chi connectivity index (χ0n) is 15.7. The van der Waals surface area contributed by atoms with Crippen LogP contribution in [0.25, 0.3) is 0 Å². The molecular formula is C18H29N7O. The second kappa shape index (κ2) is 8.82. The molecule has 1 atom stereocenters. The van der Waals surface area contributed by atoms with Crippen LogP contribution in [0.4, 0.5) is 10.6 Å². The maximum absolute atomic E-state index is 12.4. The van der Waals surface area contributed by atoms with E-state index in [2.05, 4.69) is 32.9 Å². The van der Waals surface area contributed by atoms with Gasteiger partial charge in [-0.25, -0.2) is 9.48 Å². The number of carbonyl (C=O) groups excluding carboxylic acids is 1. The highest BCUT2D eigenvalue weighted by atomic mass is 16.2. The van der Waals surface area contributed by atoms with Gasteiger partial charge in [0.1, 0.15) is 12.1 Å². The van der Waals surface area contributed by atoms with Crippen molar-refractivity contribution < 1.29 is 4.79 Å². The van der Waals surface area contributed by atoms with Crippen molar-refractivity contribution in [2.24, 2.45) is 5.92 Å². The SMILES string of the molecule is CCCn1cnnc1C(C)NC(=O)Nc1ccnn1CC1CCCCC1. The Morgan fingerprint density at radius 2 is 2.15 bits per heavy atom. The molecule has 8 heteroatoms. The first-order valence-corrected chi connectivity index (χ1v) is 9.64. The Morgan fingerprint density at radius 1 is 1.35 bits per heavy atom. The first-order valence-electron chi connectivity index (χ1n) is 9.64. The maximum Gasteiger partial charge on any atom is 0.320 e. The van der Waals surface area contributed by atoms with Gasteiger partial charge in [-0.15, -0.1) is 10.2 Å². The van der Waals surface area contributed by atoms with Gasteiger partial charge < -0.3 is 9.88 Å². The third kappa shape index (κ3) is 4.62. The van der Waals surface area contributed by atoms with Crippen LogP contribution < -0.4 is 10.6 Å². The second-order valence-corrected chi connectivity index (χ2v) is 7.11. The lowest BCUT2D eigenvalue weighted by Crippen LogP contribution is -2.33. The number of rotatable bonds is 7. The van der Waals surface area contributed by atoms with Gasteiger partial charge in [-0.3, -0.25) is 5.32 Å². The molecule has 0 aliphatic heterocycles. The lowest BCUT2D eigenvalue weighted by Gasteiger charge is -2.22. The number of anilines is 1. The molecule has 2 amide bonds. The Hall–Kier alpha value is -2.38. The molecule has 0 saturated heterocycles.